The second-order valence-electron chi connectivity index (χ2n) is 6.76. The second-order valence-corrected chi connectivity index (χ2v) is 6.76. The van der Waals surface area contributed by atoms with Crippen LogP contribution in [-0.4, -0.2) is 67.6 Å². The summed E-state index contributed by atoms with van der Waals surface area (Å²) in [6.45, 7) is 4.22. The van der Waals surface area contributed by atoms with E-state index in [1.54, 1.807) is 6.20 Å². The van der Waals surface area contributed by atoms with E-state index in [1.807, 2.05) is 9.80 Å². The highest BCUT2D eigenvalue weighted by Crippen LogP contribution is 2.40. The minimum absolute atomic E-state index is 0.120. The summed E-state index contributed by atoms with van der Waals surface area (Å²) in [5.41, 5.74) is 5.25. The number of nitrogens with two attached hydrogens (primary N) is 1. The highest BCUT2D eigenvalue weighted by molar-refractivity contribution is 5.78. The lowest BCUT2D eigenvalue weighted by Crippen LogP contribution is -2.38. The third-order valence-electron chi connectivity index (χ3n) is 4.89. The van der Waals surface area contributed by atoms with E-state index in [-0.39, 0.29) is 17.1 Å². The predicted molar refractivity (Wildman–Crippen MR) is 101 cm³/mol. The molecule has 2 N–H and O–H groups in total. The maximum Gasteiger partial charge on any atom is 0.417 e. The Labute approximate surface area is 165 Å². The molecule has 8 nitrogen and oxygen atoms in total. The summed E-state index contributed by atoms with van der Waals surface area (Å²) in [7, 11) is 0. The highest BCUT2D eigenvalue weighted by Gasteiger charge is 2.36. The van der Waals surface area contributed by atoms with Crippen molar-refractivity contribution in [1.29, 1.82) is 0 Å². The third-order valence-corrected chi connectivity index (χ3v) is 4.89. The monoisotopic (exact) mass is 410 g/mol. The molecule has 0 saturated carbocycles. The zero-order valence-corrected chi connectivity index (χ0v) is 15.7. The molecule has 0 radical (unpaired) electrons. The first kappa shape index (κ1) is 19.6. The minimum Gasteiger partial charge on any atom is -0.384 e. The Morgan fingerprint density at radius 2 is 1.52 bits per heavy atom. The van der Waals surface area contributed by atoms with Crippen molar-refractivity contribution < 1.29 is 22.6 Å². The summed E-state index contributed by atoms with van der Waals surface area (Å²) in [5, 5.41) is 0. The van der Waals surface area contributed by atoms with Gasteiger partial charge >= 0.3 is 6.18 Å². The van der Waals surface area contributed by atoms with Gasteiger partial charge < -0.3 is 25.0 Å². The maximum atomic E-state index is 13.8. The summed E-state index contributed by atoms with van der Waals surface area (Å²) < 4.78 is 52.0. The molecule has 2 fully saturated rings. The summed E-state index contributed by atoms with van der Waals surface area (Å²) in [4.78, 5) is 16.7. The third kappa shape index (κ3) is 4.20. The molecular formula is C18H21F3N6O2. The molecule has 4 rings (SSSR count). The van der Waals surface area contributed by atoms with Crippen LogP contribution in [0.3, 0.4) is 0 Å². The number of ether oxygens (including phenoxy) is 2. The van der Waals surface area contributed by atoms with Gasteiger partial charge in [0, 0.05) is 37.9 Å². The lowest BCUT2D eigenvalue weighted by Gasteiger charge is -2.32. The Kier molecular flexibility index (Phi) is 5.41. The number of rotatable bonds is 3. The molecule has 2 aliphatic rings. The highest BCUT2D eigenvalue weighted by atomic mass is 19.4. The zero-order valence-electron chi connectivity index (χ0n) is 15.7. The minimum atomic E-state index is -4.60. The fourth-order valence-electron chi connectivity index (χ4n) is 3.41. The average Bonchev–Trinajstić information content (AvgIpc) is 2.74. The Morgan fingerprint density at radius 1 is 0.897 bits per heavy atom. The van der Waals surface area contributed by atoms with E-state index in [2.05, 4.69) is 15.0 Å². The lowest BCUT2D eigenvalue weighted by atomic mass is 10.0. The topological polar surface area (TPSA) is 89.6 Å². The number of pyridine rings is 1. The smallest absolute Gasteiger partial charge is 0.384 e. The number of nitrogens with zero attached hydrogens (tertiary/aromatic N) is 5. The predicted octanol–water partition coefficient (Wildman–Crippen LogP) is 1.81. The van der Waals surface area contributed by atoms with Crippen LogP contribution in [0.4, 0.5) is 30.6 Å². The van der Waals surface area contributed by atoms with Gasteiger partial charge in [0.25, 0.3) is 0 Å². The standard InChI is InChI=1S/C18H21F3N6O2/c19-18(20,21)13-9-15(22)23-10-12(13)16-14(26-1-5-28-6-2-26)11-24-17(25-16)27-3-7-29-8-4-27/h9-11H,1-8H2,(H2,22,23). The van der Waals surface area contributed by atoms with E-state index in [0.29, 0.717) is 64.2 Å². The molecule has 0 atom stereocenters. The summed E-state index contributed by atoms with van der Waals surface area (Å²) in [5.74, 6) is 0.168. The van der Waals surface area contributed by atoms with Gasteiger partial charge in [-0.15, -0.1) is 0 Å². The summed E-state index contributed by atoms with van der Waals surface area (Å²) in [6, 6.07) is 0.842. The first-order chi connectivity index (χ1) is 13.9. The van der Waals surface area contributed by atoms with Crippen molar-refractivity contribution in [3.63, 3.8) is 0 Å². The van der Waals surface area contributed by atoms with Crippen LogP contribution in [0.15, 0.2) is 18.5 Å². The van der Waals surface area contributed by atoms with Crippen LogP contribution in [-0.2, 0) is 15.7 Å². The molecule has 2 aromatic heterocycles. The first-order valence-electron chi connectivity index (χ1n) is 9.29. The van der Waals surface area contributed by atoms with Gasteiger partial charge in [-0.05, 0) is 6.07 Å². The molecule has 0 aromatic carbocycles. The molecule has 29 heavy (non-hydrogen) atoms. The van der Waals surface area contributed by atoms with E-state index in [4.69, 9.17) is 15.2 Å². The lowest BCUT2D eigenvalue weighted by molar-refractivity contribution is -0.137. The fourth-order valence-corrected chi connectivity index (χ4v) is 3.41. The molecule has 4 heterocycles. The number of morpholine rings is 2. The summed E-state index contributed by atoms with van der Waals surface area (Å²) in [6.07, 6.45) is -1.89. The Morgan fingerprint density at radius 3 is 2.14 bits per heavy atom. The van der Waals surface area contributed by atoms with Gasteiger partial charge in [-0.25, -0.2) is 15.0 Å². The van der Waals surface area contributed by atoms with Gasteiger partial charge in [-0.2, -0.15) is 13.2 Å². The van der Waals surface area contributed by atoms with Crippen LogP contribution in [0.5, 0.6) is 0 Å². The largest absolute Gasteiger partial charge is 0.417 e. The van der Waals surface area contributed by atoms with Crippen LogP contribution >= 0.6 is 0 Å². The van der Waals surface area contributed by atoms with Gasteiger partial charge in [0.05, 0.1) is 43.9 Å². The second kappa shape index (κ2) is 7.99. The van der Waals surface area contributed by atoms with Crippen molar-refractivity contribution in [3.8, 4) is 11.3 Å². The molecule has 2 aliphatic heterocycles. The van der Waals surface area contributed by atoms with Gasteiger partial charge in [-0.3, -0.25) is 0 Å². The van der Waals surface area contributed by atoms with Crippen LogP contribution in [0, 0.1) is 0 Å². The molecule has 0 aliphatic carbocycles. The van der Waals surface area contributed by atoms with Gasteiger partial charge in [0.2, 0.25) is 5.95 Å². The van der Waals surface area contributed by atoms with Crippen molar-refractivity contribution in [1.82, 2.24) is 15.0 Å². The van der Waals surface area contributed by atoms with E-state index >= 15 is 0 Å². The van der Waals surface area contributed by atoms with E-state index < -0.39 is 11.7 Å². The molecule has 0 amide bonds. The van der Waals surface area contributed by atoms with E-state index in [9.17, 15) is 13.2 Å². The number of anilines is 3. The van der Waals surface area contributed by atoms with E-state index in [1.165, 1.54) is 0 Å². The molecule has 11 heteroatoms. The van der Waals surface area contributed by atoms with Crippen molar-refractivity contribution in [2.75, 3.05) is 68.1 Å². The molecule has 2 aromatic rings. The molecule has 0 spiro atoms. The Bertz CT molecular complexity index is 867. The van der Waals surface area contributed by atoms with Crippen molar-refractivity contribution in [2.24, 2.45) is 0 Å². The first-order valence-corrected chi connectivity index (χ1v) is 9.29. The number of nitrogen functional groups attached to an aromatic ring is 1. The molecule has 156 valence electrons. The van der Waals surface area contributed by atoms with Gasteiger partial charge in [0.1, 0.15) is 11.5 Å². The Balaban J connectivity index is 1.85. The molecule has 0 bridgehead atoms. The molecule has 2 saturated heterocycles. The number of hydrogen-bond donors (Lipinski definition) is 1. The zero-order chi connectivity index (χ0) is 20.4. The summed E-state index contributed by atoms with van der Waals surface area (Å²) >= 11 is 0. The van der Waals surface area contributed by atoms with Gasteiger partial charge in [0.15, 0.2) is 0 Å². The van der Waals surface area contributed by atoms with E-state index in [0.717, 1.165) is 12.3 Å². The number of alkyl halides is 3. The van der Waals surface area contributed by atoms with Gasteiger partial charge in [-0.1, -0.05) is 0 Å². The van der Waals surface area contributed by atoms with Crippen molar-refractivity contribution in [3.05, 3.63) is 24.0 Å². The SMILES string of the molecule is Nc1cc(C(F)(F)F)c(-c2nc(N3CCOCC3)ncc2N2CCOCC2)cn1. The average molecular weight is 410 g/mol. The maximum absolute atomic E-state index is 13.8. The quantitative estimate of drug-likeness (QED) is 0.820. The van der Waals surface area contributed by atoms with Crippen LogP contribution in [0.25, 0.3) is 11.3 Å². The fraction of sp³-hybridized carbons (Fsp3) is 0.500. The van der Waals surface area contributed by atoms with Crippen LogP contribution < -0.4 is 15.5 Å². The van der Waals surface area contributed by atoms with Crippen molar-refractivity contribution in [2.45, 2.75) is 6.18 Å². The number of hydrogen-bond acceptors (Lipinski definition) is 8. The Hall–Kier alpha value is -2.66. The van der Waals surface area contributed by atoms with Crippen LogP contribution in [0.1, 0.15) is 5.56 Å². The number of halogens is 3. The molecular weight excluding hydrogens is 389 g/mol. The van der Waals surface area contributed by atoms with Crippen molar-refractivity contribution >= 4 is 17.5 Å². The van der Waals surface area contributed by atoms with Crippen LogP contribution in [0.2, 0.25) is 0 Å². The molecule has 0 unspecified atom stereocenters. The normalized spacial score (nSPS) is 18.2. The number of aromatic nitrogens is 3.